The Morgan fingerprint density at radius 1 is 1.28 bits per heavy atom. The highest BCUT2D eigenvalue weighted by atomic mass is 35.5. The minimum absolute atomic E-state index is 0.0690. The SMILES string of the molecule is OCc1c(Cl)ncnc1Sc1cc(F)ccc1F. The van der Waals surface area contributed by atoms with Crippen molar-refractivity contribution in [1.29, 1.82) is 0 Å². The van der Waals surface area contributed by atoms with E-state index in [2.05, 4.69) is 9.97 Å². The molecular weight excluding hydrogens is 282 g/mol. The number of aromatic nitrogens is 2. The minimum atomic E-state index is -0.569. The van der Waals surface area contributed by atoms with Gasteiger partial charge in [-0.25, -0.2) is 18.7 Å². The predicted octanol–water partition coefficient (Wildman–Crippen LogP) is 3.05. The highest BCUT2D eigenvalue weighted by molar-refractivity contribution is 7.99. The molecule has 0 aliphatic rings. The molecule has 1 aromatic heterocycles. The molecule has 2 rings (SSSR count). The molecule has 0 spiro atoms. The topological polar surface area (TPSA) is 46.0 Å². The Balaban J connectivity index is 2.40. The highest BCUT2D eigenvalue weighted by Gasteiger charge is 2.13. The Morgan fingerprint density at radius 2 is 2.06 bits per heavy atom. The summed E-state index contributed by atoms with van der Waals surface area (Å²) >= 11 is 6.66. The molecule has 3 nitrogen and oxygen atoms in total. The van der Waals surface area contributed by atoms with Crippen molar-refractivity contribution in [3.05, 3.63) is 46.9 Å². The molecule has 0 radical (unpaired) electrons. The van der Waals surface area contributed by atoms with E-state index in [9.17, 15) is 8.78 Å². The van der Waals surface area contributed by atoms with Crippen LogP contribution in [0.5, 0.6) is 0 Å². The number of aliphatic hydroxyl groups is 1. The summed E-state index contributed by atoms with van der Waals surface area (Å²) in [5, 5.41) is 9.54. The molecule has 0 unspecified atom stereocenters. The molecule has 0 aliphatic carbocycles. The molecule has 18 heavy (non-hydrogen) atoms. The van der Waals surface area contributed by atoms with Crippen LogP contribution in [0.4, 0.5) is 8.78 Å². The largest absolute Gasteiger partial charge is 0.391 e. The van der Waals surface area contributed by atoms with Gasteiger partial charge >= 0.3 is 0 Å². The molecule has 0 saturated heterocycles. The van der Waals surface area contributed by atoms with Gasteiger partial charge in [0.1, 0.15) is 28.1 Å². The van der Waals surface area contributed by atoms with Gasteiger partial charge in [-0.3, -0.25) is 0 Å². The van der Waals surface area contributed by atoms with Crippen molar-refractivity contribution in [3.63, 3.8) is 0 Å². The van der Waals surface area contributed by atoms with Gasteiger partial charge in [-0.05, 0) is 18.2 Å². The molecule has 0 aliphatic heterocycles. The monoisotopic (exact) mass is 288 g/mol. The lowest BCUT2D eigenvalue weighted by Crippen LogP contribution is -1.96. The van der Waals surface area contributed by atoms with Gasteiger partial charge in [-0.2, -0.15) is 0 Å². The molecule has 1 N–H and O–H groups in total. The summed E-state index contributed by atoms with van der Waals surface area (Å²) in [4.78, 5) is 7.67. The summed E-state index contributed by atoms with van der Waals surface area (Å²) in [6.45, 7) is -0.376. The minimum Gasteiger partial charge on any atom is -0.391 e. The van der Waals surface area contributed by atoms with E-state index in [0.717, 1.165) is 30.0 Å². The van der Waals surface area contributed by atoms with Gasteiger partial charge in [0.05, 0.1) is 11.5 Å². The lowest BCUT2D eigenvalue weighted by molar-refractivity contribution is 0.277. The third kappa shape index (κ3) is 2.77. The van der Waals surface area contributed by atoms with Crippen LogP contribution in [0.3, 0.4) is 0 Å². The van der Waals surface area contributed by atoms with E-state index in [1.807, 2.05) is 0 Å². The zero-order chi connectivity index (χ0) is 13.1. The Labute approximate surface area is 111 Å². The first-order chi connectivity index (χ1) is 8.61. The van der Waals surface area contributed by atoms with Crippen molar-refractivity contribution in [2.45, 2.75) is 16.5 Å². The van der Waals surface area contributed by atoms with Crippen molar-refractivity contribution < 1.29 is 13.9 Å². The molecule has 0 atom stereocenters. The van der Waals surface area contributed by atoms with Crippen LogP contribution in [0.15, 0.2) is 34.4 Å². The number of halogens is 3. The zero-order valence-electron chi connectivity index (χ0n) is 8.90. The van der Waals surface area contributed by atoms with Gasteiger partial charge in [0.2, 0.25) is 0 Å². The van der Waals surface area contributed by atoms with Crippen molar-refractivity contribution in [1.82, 2.24) is 9.97 Å². The smallest absolute Gasteiger partial charge is 0.139 e. The van der Waals surface area contributed by atoms with Gasteiger partial charge in [-0.15, -0.1) is 0 Å². The van der Waals surface area contributed by atoms with E-state index in [4.69, 9.17) is 16.7 Å². The molecule has 0 amide bonds. The van der Waals surface area contributed by atoms with Gasteiger partial charge < -0.3 is 5.11 Å². The van der Waals surface area contributed by atoms with Crippen molar-refractivity contribution in [3.8, 4) is 0 Å². The molecule has 7 heteroatoms. The van der Waals surface area contributed by atoms with Crippen LogP contribution in [0.1, 0.15) is 5.56 Å². The van der Waals surface area contributed by atoms with Crippen LogP contribution < -0.4 is 0 Å². The molecular formula is C11H7ClF2N2OS. The molecule has 1 aromatic carbocycles. The predicted molar refractivity (Wildman–Crippen MR) is 63.4 cm³/mol. The average Bonchev–Trinajstić information content (AvgIpc) is 2.34. The maximum absolute atomic E-state index is 13.5. The first-order valence-corrected chi connectivity index (χ1v) is 6.04. The van der Waals surface area contributed by atoms with E-state index in [1.54, 1.807) is 0 Å². The first-order valence-electron chi connectivity index (χ1n) is 4.85. The van der Waals surface area contributed by atoms with E-state index >= 15 is 0 Å². The maximum atomic E-state index is 13.5. The van der Waals surface area contributed by atoms with Crippen molar-refractivity contribution >= 4 is 23.4 Å². The van der Waals surface area contributed by atoms with E-state index in [0.29, 0.717) is 5.03 Å². The van der Waals surface area contributed by atoms with Crippen LogP contribution in [0.2, 0.25) is 5.15 Å². The van der Waals surface area contributed by atoms with Crippen molar-refractivity contribution in [2.24, 2.45) is 0 Å². The Kier molecular flexibility index (Phi) is 4.11. The van der Waals surface area contributed by atoms with Crippen LogP contribution in [0, 0.1) is 11.6 Å². The fourth-order valence-electron chi connectivity index (χ4n) is 1.26. The Bertz CT molecular complexity index is 583. The molecule has 94 valence electrons. The summed E-state index contributed by atoms with van der Waals surface area (Å²) in [7, 11) is 0. The number of rotatable bonds is 3. The fourth-order valence-corrected chi connectivity index (χ4v) is 2.44. The molecule has 0 bridgehead atoms. The average molecular weight is 289 g/mol. The zero-order valence-corrected chi connectivity index (χ0v) is 10.5. The third-order valence-electron chi connectivity index (χ3n) is 2.11. The quantitative estimate of drug-likeness (QED) is 0.882. The second-order valence-electron chi connectivity index (χ2n) is 3.28. The molecule has 2 aromatic rings. The van der Waals surface area contributed by atoms with Gasteiger partial charge in [-0.1, -0.05) is 23.4 Å². The summed E-state index contributed by atoms with van der Waals surface area (Å²) in [6, 6.07) is 3.11. The maximum Gasteiger partial charge on any atom is 0.139 e. The molecule has 0 fully saturated rings. The van der Waals surface area contributed by atoms with E-state index < -0.39 is 11.6 Å². The number of aliphatic hydroxyl groups excluding tert-OH is 1. The summed E-state index contributed by atoms with van der Waals surface area (Å²) in [5.41, 5.74) is 0.285. The molecule has 1 heterocycles. The van der Waals surface area contributed by atoms with Crippen LogP contribution >= 0.6 is 23.4 Å². The second-order valence-corrected chi connectivity index (χ2v) is 4.67. The Hall–Kier alpha value is -1.24. The highest BCUT2D eigenvalue weighted by Crippen LogP contribution is 2.32. The third-order valence-corrected chi connectivity index (χ3v) is 3.51. The standard InChI is InChI=1S/C11H7ClF2N2OS/c12-10-7(4-17)11(16-5-15-10)18-9-3-6(13)1-2-8(9)14/h1-3,5,17H,4H2. The summed E-state index contributed by atoms with van der Waals surface area (Å²) < 4.78 is 26.5. The van der Waals surface area contributed by atoms with Crippen molar-refractivity contribution in [2.75, 3.05) is 0 Å². The summed E-state index contributed by atoms with van der Waals surface area (Å²) in [6.07, 6.45) is 1.20. The normalized spacial score (nSPS) is 10.7. The Morgan fingerprint density at radius 3 is 2.78 bits per heavy atom. The summed E-state index contributed by atoms with van der Waals surface area (Å²) in [5.74, 6) is -1.12. The number of hydrogen-bond acceptors (Lipinski definition) is 4. The van der Waals surface area contributed by atoms with Crippen LogP contribution in [-0.2, 0) is 6.61 Å². The number of benzene rings is 1. The lowest BCUT2D eigenvalue weighted by Gasteiger charge is -2.07. The van der Waals surface area contributed by atoms with Gasteiger partial charge in [0.15, 0.2) is 0 Å². The van der Waals surface area contributed by atoms with E-state index in [-0.39, 0.29) is 22.2 Å². The van der Waals surface area contributed by atoms with Gasteiger partial charge in [0, 0.05) is 5.56 Å². The van der Waals surface area contributed by atoms with Crippen LogP contribution in [-0.4, -0.2) is 15.1 Å². The fraction of sp³-hybridized carbons (Fsp3) is 0.0909. The lowest BCUT2D eigenvalue weighted by atomic mass is 10.3. The van der Waals surface area contributed by atoms with Gasteiger partial charge in [0.25, 0.3) is 0 Å². The van der Waals surface area contributed by atoms with Crippen LogP contribution in [0.25, 0.3) is 0 Å². The second kappa shape index (κ2) is 5.60. The first kappa shape index (κ1) is 13.2. The molecule has 0 saturated carbocycles. The number of nitrogens with zero attached hydrogens (tertiary/aromatic N) is 2. The van der Waals surface area contributed by atoms with E-state index in [1.165, 1.54) is 6.33 Å². The number of hydrogen-bond donors (Lipinski definition) is 1.